The summed E-state index contributed by atoms with van der Waals surface area (Å²) >= 11 is 0. The topological polar surface area (TPSA) is 97.8 Å². The molecule has 3 aromatic rings. The SMILES string of the molecule is O=C(N[C@H]1CO[C@H]2[C@@H]1OC[C@@H]2Nc1nccc(-c2ccc(-c3ccccc3)cc2)n1)N1CCOCC1. The lowest BCUT2D eigenvalue weighted by molar-refractivity contribution is 0.0485. The van der Waals surface area contributed by atoms with Crippen LogP contribution in [-0.4, -0.2) is 84.7 Å². The third-order valence-electron chi connectivity index (χ3n) is 6.92. The number of nitrogens with zero attached hydrogens (tertiary/aromatic N) is 3. The molecule has 186 valence electrons. The number of morpholine rings is 1. The van der Waals surface area contributed by atoms with E-state index in [2.05, 4.69) is 52.0 Å². The van der Waals surface area contributed by atoms with E-state index in [-0.39, 0.29) is 30.3 Å². The summed E-state index contributed by atoms with van der Waals surface area (Å²) in [4.78, 5) is 23.5. The largest absolute Gasteiger partial charge is 0.378 e. The molecule has 0 spiro atoms. The molecule has 9 nitrogen and oxygen atoms in total. The summed E-state index contributed by atoms with van der Waals surface area (Å²) in [5.41, 5.74) is 4.20. The van der Waals surface area contributed by atoms with Crippen LogP contribution >= 0.6 is 0 Å². The van der Waals surface area contributed by atoms with Crippen LogP contribution in [0.15, 0.2) is 66.9 Å². The Labute approximate surface area is 209 Å². The zero-order chi connectivity index (χ0) is 24.3. The first-order valence-corrected chi connectivity index (χ1v) is 12.4. The summed E-state index contributed by atoms with van der Waals surface area (Å²) in [7, 11) is 0. The van der Waals surface area contributed by atoms with E-state index in [0.717, 1.165) is 16.8 Å². The standard InChI is InChI=1S/C27H29N5O4/c33-27(32-12-14-34-15-13-32)31-23-17-36-24-22(16-35-25(23)24)30-26-28-11-10-21(29-26)20-8-6-19(7-9-20)18-4-2-1-3-5-18/h1-11,22-25H,12-17H2,(H,31,33)(H,28,29,30)/t22-,23-,24+,25+/m0/s1. The molecule has 3 fully saturated rings. The smallest absolute Gasteiger partial charge is 0.317 e. The fourth-order valence-electron chi connectivity index (χ4n) is 4.98. The predicted molar refractivity (Wildman–Crippen MR) is 135 cm³/mol. The summed E-state index contributed by atoms with van der Waals surface area (Å²) in [5, 5.41) is 6.46. The van der Waals surface area contributed by atoms with Crippen LogP contribution in [0.25, 0.3) is 22.4 Å². The summed E-state index contributed by atoms with van der Waals surface area (Å²) in [6.07, 6.45) is 1.36. The minimum Gasteiger partial charge on any atom is -0.378 e. The van der Waals surface area contributed by atoms with Gasteiger partial charge in [-0.1, -0.05) is 54.6 Å². The normalized spacial score (nSPS) is 25.4. The fourth-order valence-corrected chi connectivity index (χ4v) is 4.98. The number of hydrogen-bond acceptors (Lipinski definition) is 7. The number of carbonyl (C=O) groups is 1. The van der Waals surface area contributed by atoms with Crippen molar-refractivity contribution in [1.29, 1.82) is 0 Å². The highest BCUT2D eigenvalue weighted by atomic mass is 16.6. The van der Waals surface area contributed by atoms with Crippen LogP contribution in [0.3, 0.4) is 0 Å². The molecule has 0 unspecified atom stereocenters. The maximum atomic E-state index is 12.6. The van der Waals surface area contributed by atoms with Gasteiger partial charge in [-0.05, 0) is 17.2 Å². The fraction of sp³-hybridized carbons (Fsp3) is 0.370. The van der Waals surface area contributed by atoms with Crippen molar-refractivity contribution in [3.05, 3.63) is 66.9 Å². The van der Waals surface area contributed by atoms with Crippen molar-refractivity contribution in [3.8, 4) is 22.4 Å². The van der Waals surface area contributed by atoms with E-state index in [1.807, 2.05) is 24.3 Å². The minimum atomic E-state index is -0.207. The van der Waals surface area contributed by atoms with E-state index in [4.69, 9.17) is 19.2 Å². The monoisotopic (exact) mass is 487 g/mol. The Bertz CT molecular complexity index is 1190. The second kappa shape index (κ2) is 10.2. The van der Waals surface area contributed by atoms with Crippen molar-refractivity contribution >= 4 is 12.0 Å². The van der Waals surface area contributed by atoms with Gasteiger partial charge in [-0.3, -0.25) is 0 Å². The van der Waals surface area contributed by atoms with Crippen molar-refractivity contribution < 1.29 is 19.0 Å². The Morgan fingerprint density at radius 1 is 0.833 bits per heavy atom. The number of ether oxygens (including phenoxy) is 3. The number of fused-ring (bicyclic) bond motifs is 1. The van der Waals surface area contributed by atoms with Gasteiger partial charge in [0.05, 0.1) is 44.2 Å². The first-order chi connectivity index (χ1) is 17.7. The average Bonchev–Trinajstić information content (AvgIpc) is 3.53. The number of rotatable bonds is 5. The summed E-state index contributed by atoms with van der Waals surface area (Å²) in [5.74, 6) is 0.526. The molecule has 0 radical (unpaired) electrons. The summed E-state index contributed by atoms with van der Waals surface area (Å²) in [6, 6.07) is 20.2. The molecular formula is C27H29N5O4. The van der Waals surface area contributed by atoms with Crippen LogP contribution in [0.5, 0.6) is 0 Å². The molecular weight excluding hydrogens is 458 g/mol. The Morgan fingerprint density at radius 3 is 2.28 bits per heavy atom. The quantitative estimate of drug-likeness (QED) is 0.571. The molecule has 4 heterocycles. The Kier molecular flexibility index (Phi) is 6.50. The molecule has 36 heavy (non-hydrogen) atoms. The van der Waals surface area contributed by atoms with Crippen molar-refractivity contribution in [2.24, 2.45) is 0 Å². The van der Waals surface area contributed by atoms with E-state index in [0.29, 0.717) is 45.5 Å². The van der Waals surface area contributed by atoms with Gasteiger partial charge in [-0.15, -0.1) is 0 Å². The minimum absolute atomic E-state index is 0.0955. The average molecular weight is 488 g/mol. The second-order valence-corrected chi connectivity index (χ2v) is 9.21. The molecule has 4 atom stereocenters. The highest BCUT2D eigenvalue weighted by Gasteiger charge is 2.48. The van der Waals surface area contributed by atoms with Gasteiger partial charge in [-0.25, -0.2) is 14.8 Å². The molecule has 3 aliphatic heterocycles. The van der Waals surface area contributed by atoms with Gasteiger partial charge < -0.3 is 29.7 Å². The molecule has 3 saturated heterocycles. The van der Waals surface area contributed by atoms with E-state index in [9.17, 15) is 4.79 Å². The first kappa shape index (κ1) is 22.9. The zero-order valence-electron chi connectivity index (χ0n) is 19.9. The summed E-state index contributed by atoms with van der Waals surface area (Å²) in [6.45, 7) is 3.21. The third-order valence-corrected chi connectivity index (χ3v) is 6.92. The molecule has 3 aliphatic rings. The lowest BCUT2D eigenvalue weighted by Crippen LogP contribution is -2.52. The number of urea groups is 1. The van der Waals surface area contributed by atoms with Gasteiger partial charge in [0.1, 0.15) is 12.2 Å². The number of nitrogens with one attached hydrogen (secondary N) is 2. The predicted octanol–water partition coefficient (Wildman–Crippen LogP) is 2.80. The molecule has 0 bridgehead atoms. The molecule has 9 heteroatoms. The zero-order valence-corrected chi connectivity index (χ0v) is 19.9. The Hall–Kier alpha value is -3.53. The third kappa shape index (κ3) is 4.77. The lowest BCUT2D eigenvalue weighted by atomic mass is 10.0. The van der Waals surface area contributed by atoms with Gasteiger partial charge in [0, 0.05) is 24.8 Å². The lowest BCUT2D eigenvalue weighted by Gasteiger charge is -2.29. The number of anilines is 1. The molecule has 6 rings (SSSR count). The van der Waals surface area contributed by atoms with Crippen LogP contribution in [0.1, 0.15) is 0 Å². The Morgan fingerprint density at radius 2 is 1.50 bits per heavy atom. The number of amides is 2. The second-order valence-electron chi connectivity index (χ2n) is 9.21. The van der Waals surface area contributed by atoms with E-state index < -0.39 is 0 Å². The van der Waals surface area contributed by atoms with Crippen LogP contribution in [0, 0.1) is 0 Å². The van der Waals surface area contributed by atoms with Gasteiger partial charge in [0.2, 0.25) is 5.95 Å². The van der Waals surface area contributed by atoms with Gasteiger partial charge in [-0.2, -0.15) is 0 Å². The molecule has 0 aliphatic carbocycles. The van der Waals surface area contributed by atoms with Crippen LogP contribution in [-0.2, 0) is 14.2 Å². The van der Waals surface area contributed by atoms with E-state index in [1.165, 1.54) is 5.56 Å². The van der Waals surface area contributed by atoms with Crippen molar-refractivity contribution in [2.75, 3.05) is 44.8 Å². The highest BCUT2D eigenvalue weighted by molar-refractivity contribution is 5.75. The van der Waals surface area contributed by atoms with Crippen molar-refractivity contribution in [3.63, 3.8) is 0 Å². The van der Waals surface area contributed by atoms with Crippen LogP contribution < -0.4 is 10.6 Å². The van der Waals surface area contributed by atoms with Crippen molar-refractivity contribution in [1.82, 2.24) is 20.2 Å². The number of hydrogen-bond donors (Lipinski definition) is 2. The maximum absolute atomic E-state index is 12.6. The first-order valence-electron chi connectivity index (χ1n) is 12.4. The van der Waals surface area contributed by atoms with Crippen LogP contribution in [0.2, 0.25) is 0 Å². The Balaban J connectivity index is 1.09. The molecule has 0 saturated carbocycles. The maximum Gasteiger partial charge on any atom is 0.317 e. The van der Waals surface area contributed by atoms with Gasteiger partial charge in [0.15, 0.2) is 0 Å². The summed E-state index contributed by atoms with van der Waals surface area (Å²) < 4.78 is 17.4. The van der Waals surface area contributed by atoms with E-state index >= 15 is 0 Å². The number of benzene rings is 2. The van der Waals surface area contributed by atoms with Crippen molar-refractivity contribution in [2.45, 2.75) is 24.3 Å². The highest BCUT2D eigenvalue weighted by Crippen LogP contribution is 2.29. The molecule has 2 aromatic carbocycles. The number of aromatic nitrogens is 2. The molecule has 2 N–H and O–H groups in total. The van der Waals surface area contributed by atoms with E-state index in [1.54, 1.807) is 11.1 Å². The molecule has 2 amide bonds. The van der Waals surface area contributed by atoms with Gasteiger partial charge in [0.25, 0.3) is 0 Å². The van der Waals surface area contributed by atoms with Crippen LogP contribution in [0.4, 0.5) is 10.7 Å². The number of carbonyl (C=O) groups excluding carboxylic acids is 1. The van der Waals surface area contributed by atoms with Gasteiger partial charge >= 0.3 is 6.03 Å². The molecule has 1 aromatic heterocycles.